The second-order valence-electron chi connectivity index (χ2n) is 4.38. The van der Waals surface area contributed by atoms with E-state index in [9.17, 15) is 18.0 Å². The summed E-state index contributed by atoms with van der Waals surface area (Å²) in [7, 11) is 0. The number of aldehydes is 1. The molecule has 1 unspecified atom stereocenters. The molecule has 0 spiro atoms. The molecular formula is C15H10ClF3N2O2. The minimum Gasteiger partial charge on any atom is -0.406 e. The smallest absolute Gasteiger partial charge is 0.406 e. The average molecular weight is 343 g/mol. The van der Waals surface area contributed by atoms with E-state index >= 15 is 0 Å². The van der Waals surface area contributed by atoms with Crippen LogP contribution in [0.15, 0.2) is 58.8 Å². The lowest BCUT2D eigenvalue weighted by Gasteiger charge is -2.08. The van der Waals surface area contributed by atoms with Gasteiger partial charge in [0.15, 0.2) is 5.50 Å². The number of hydrogen-bond acceptors (Lipinski definition) is 4. The third-order valence-corrected chi connectivity index (χ3v) is 3.03. The number of benzene rings is 2. The van der Waals surface area contributed by atoms with Crippen molar-refractivity contribution < 1.29 is 22.7 Å². The van der Waals surface area contributed by atoms with E-state index in [1.165, 1.54) is 12.1 Å². The molecule has 1 atom stereocenters. The lowest BCUT2D eigenvalue weighted by atomic mass is 10.1. The molecule has 0 radical (unpaired) electrons. The van der Waals surface area contributed by atoms with Crippen LogP contribution >= 0.6 is 11.6 Å². The van der Waals surface area contributed by atoms with Gasteiger partial charge in [-0.2, -0.15) is 10.2 Å². The number of ether oxygens (including phenoxy) is 1. The molecule has 0 N–H and O–H groups in total. The van der Waals surface area contributed by atoms with E-state index in [1.807, 2.05) is 0 Å². The SMILES string of the molecule is O=Cc1ccc(C(Cl)N=Nc2ccc(OC(F)(F)F)cc2)cc1. The molecule has 8 heteroatoms. The van der Waals surface area contributed by atoms with Crippen LogP contribution in [0, 0.1) is 0 Å². The molecule has 2 rings (SSSR count). The average Bonchev–Trinajstić information content (AvgIpc) is 2.52. The van der Waals surface area contributed by atoms with E-state index in [4.69, 9.17) is 11.6 Å². The molecule has 0 heterocycles. The molecule has 0 saturated heterocycles. The molecule has 23 heavy (non-hydrogen) atoms. The Labute approximate surface area is 134 Å². The highest BCUT2D eigenvalue weighted by atomic mass is 35.5. The molecule has 0 fully saturated rings. The Bertz CT molecular complexity index is 685. The largest absolute Gasteiger partial charge is 0.573 e. The van der Waals surface area contributed by atoms with Crippen LogP contribution in [-0.2, 0) is 0 Å². The fourth-order valence-electron chi connectivity index (χ4n) is 1.63. The zero-order valence-corrected chi connectivity index (χ0v) is 12.3. The van der Waals surface area contributed by atoms with E-state index in [2.05, 4.69) is 15.0 Å². The van der Waals surface area contributed by atoms with Crippen LogP contribution in [-0.4, -0.2) is 12.6 Å². The van der Waals surface area contributed by atoms with Crippen molar-refractivity contribution in [3.05, 3.63) is 59.7 Å². The van der Waals surface area contributed by atoms with Gasteiger partial charge in [0.2, 0.25) is 0 Å². The molecule has 0 amide bonds. The summed E-state index contributed by atoms with van der Waals surface area (Å²) in [5.41, 5.74) is 0.698. The van der Waals surface area contributed by atoms with Crippen LogP contribution in [0.25, 0.3) is 0 Å². The first-order chi connectivity index (χ1) is 10.9. The Morgan fingerprint density at radius 3 is 2.17 bits per heavy atom. The molecule has 120 valence electrons. The second-order valence-corrected chi connectivity index (χ2v) is 4.79. The molecule has 4 nitrogen and oxygen atoms in total. The van der Waals surface area contributed by atoms with Crippen LogP contribution in [0.1, 0.15) is 21.4 Å². The van der Waals surface area contributed by atoms with E-state index in [-0.39, 0.29) is 5.75 Å². The molecule has 0 bridgehead atoms. The van der Waals surface area contributed by atoms with Gasteiger partial charge in [0.1, 0.15) is 12.0 Å². The summed E-state index contributed by atoms with van der Waals surface area (Å²) in [6.07, 6.45) is -4.03. The van der Waals surface area contributed by atoms with Gasteiger partial charge in [-0.05, 0) is 29.8 Å². The van der Waals surface area contributed by atoms with Crippen LogP contribution in [0.5, 0.6) is 5.75 Å². The number of rotatable bonds is 5. The highest BCUT2D eigenvalue weighted by Crippen LogP contribution is 2.27. The lowest BCUT2D eigenvalue weighted by Crippen LogP contribution is -2.16. The van der Waals surface area contributed by atoms with Gasteiger partial charge >= 0.3 is 6.36 Å². The number of azo groups is 1. The topological polar surface area (TPSA) is 51.0 Å². The maximum atomic E-state index is 12.0. The first-order valence-electron chi connectivity index (χ1n) is 6.33. The summed E-state index contributed by atoms with van der Waals surface area (Å²) < 4.78 is 39.8. The first kappa shape index (κ1) is 17.0. The molecule has 2 aromatic carbocycles. The van der Waals surface area contributed by atoms with Gasteiger partial charge in [-0.15, -0.1) is 13.2 Å². The standard InChI is InChI=1S/C15H10ClF3N2O2/c16-14(11-3-1-10(9-22)2-4-11)21-20-12-5-7-13(8-6-12)23-15(17,18)19/h1-9,14H. The monoisotopic (exact) mass is 342 g/mol. The Hall–Kier alpha value is -2.41. The summed E-state index contributed by atoms with van der Waals surface area (Å²) in [5, 5.41) is 7.71. The lowest BCUT2D eigenvalue weighted by molar-refractivity contribution is -0.274. The van der Waals surface area contributed by atoms with Gasteiger partial charge in [-0.1, -0.05) is 35.9 Å². The molecule has 0 saturated carbocycles. The second kappa shape index (κ2) is 7.23. The van der Waals surface area contributed by atoms with Crippen LogP contribution < -0.4 is 4.74 Å². The van der Waals surface area contributed by atoms with Crippen molar-refractivity contribution in [2.45, 2.75) is 11.9 Å². The molecule has 0 aliphatic carbocycles. The van der Waals surface area contributed by atoms with Crippen molar-refractivity contribution in [2.75, 3.05) is 0 Å². The number of hydrogen-bond donors (Lipinski definition) is 0. The van der Waals surface area contributed by atoms with Crippen LogP contribution in [0.4, 0.5) is 18.9 Å². The summed E-state index contributed by atoms with van der Waals surface area (Å²) in [5.74, 6) is -0.344. The van der Waals surface area contributed by atoms with Gasteiger partial charge in [-0.25, -0.2) is 0 Å². The van der Waals surface area contributed by atoms with Crippen molar-refractivity contribution >= 4 is 23.6 Å². The number of halogens is 4. The number of nitrogens with zero attached hydrogens (tertiary/aromatic N) is 2. The van der Waals surface area contributed by atoms with Gasteiger partial charge < -0.3 is 4.74 Å². The van der Waals surface area contributed by atoms with Gasteiger partial charge in [0.25, 0.3) is 0 Å². The molecule has 2 aromatic rings. The third kappa shape index (κ3) is 5.37. The van der Waals surface area contributed by atoms with Crippen molar-refractivity contribution in [1.82, 2.24) is 0 Å². The highest BCUT2D eigenvalue weighted by Gasteiger charge is 2.30. The fourth-order valence-corrected chi connectivity index (χ4v) is 1.82. The minimum absolute atomic E-state index is 0.328. The number of alkyl halides is 4. The fraction of sp³-hybridized carbons (Fsp3) is 0.133. The van der Waals surface area contributed by atoms with Crippen molar-refractivity contribution in [3.8, 4) is 5.75 Å². The maximum Gasteiger partial charge on any atom is 0.573 e. The number of carbonyl (C=O) groups excluding carboxylic acids is 1. The molecule has 0 aliphatic heterocycles. The van der Waals surface area contributed by atoms with Crippen LogP contribution in [0.2, 0.25) is 0 Å². The molecular weight excluding hydrogens is 333 g/mol. The Morgan fingerprint density at radius 2 is 1.65 bits per heavy atom. The predicted molar refractivity (Wildman–Crippen MR) is 78.1 cm³/mol. The maximum absolute atomic E-state index is 12.0. The number of carbonyl (C=O) groups is 1. The van der Waals surface area contributed by atoms with Gasteiger partial charge in [-0.3, -0.25) is 4.79 Å². The quantitative estimate of drug-likeness (QED) is 0.315. The van der Waals surface area contributed by atoms with Crippen LogP contribution in [0.3, 0.4) is 0 Å². The summed E-state index contributed by atoms with van der Waals surface area (Å²) in [6.45, 7) is 0. The van der Waals surface area contributed by atoms with Gasteiger partial charge in [0.05, 0.1) is 5.69 Å². The zero-order valence-electron chi connectivity index (χ0n) is 11.5. The zero-order chi connectivity index (χ0) is 16.9. The summed E-state index contributed by atoms with van der Waals surface area (Å²) >= 11 is 6.05. The summed E-state index contributed by atoms with van der Waals surface area (Å²) in [4.78, 5) is 10.6. The van der Waals surface area contributed by atoms with Crippen molar-refractivity contribution in [3.63, 3.8) is 0 Å². The Kier molecular flexibility index (Phi) is 5.33. The van der Waals surface area contributed by atoms with Gasteiger partial charge in [0, 0.05) is 5.56 Å². The summed E-state index contributed by atoms with van der Waals surface area (Å²) in [6, 6.07) is 11.4. The third-order valence-electron chi connectivity index (χ3n) is 2.69. The first-order valence-corrected chi connectivity index (χ1v) is 6.77. The van der Waals surface area contributed by atoms with E-state index in [1.54, 1.807) is 24.3 Å². The van der Waals surface area contributed by atoms with E-state index in [0.29, 0.717) is 23.1 Å². The van der Waals surface area contributed by atoms with Crippen molar-refractivity contribution in [2.24, 2.45) is 10.2 Å². The molecule has 0 aliphatic rings. The Morgan fingerprint density at radius 1 is 1.04 bits per heavy atom. The van der Waals surface area contributed by atoms with Crippen molar-refractivity contribution in [1.29, 1.82) is 0 Å². The van der Waals surface area contributed by atoms with E-state index in [0.717, 1.165) is 12.1 Å². The normalized spacial score (nSPS) is 13.0. The Balaban J connectivity index is 2.02. The highest BCUT2D eigenvalue weighted by molar-refractivity contribution is 6.20. The molecule has 0 aromatic heterocycles. The van der Waals surface area contributed by atoms with E-state index < -0.39 is 11.9 Å². The predicted octanol–water partition coefficient (Wildman–Crippen LogP) is 5.42. The minimum atomic E-state index is -4.74.